The summed E-state index contributed by atoms with van der Waals surface area (Å²) in [5.41, 5.74) is 1.37. The molecular formula is C13H18N2O2S. The number of nitrogens with zero attached hydrogens (tertiary/aromatic N) is 1. The molecule has 2 atom stereocenters. The summed E-state index contributed by atoms with van der Waals surface area (Å²) < 4.78 is 0. The van der Waals surface area contributed by atoms with Gasteiger partial charge in [0.1, 0.15) is 6.04 Å². The van der Waals surface area contributed by atoms with Crippen LogP contribution in [-0.2, 0) is 11.2 Å². The first-order valence-corrected chi connectivity index (χ1v) is 7.41. The van der Waals surface area contributed by atoms with Crippen LogP contribution >= 0.6 is 11.3 Å². The number of nitrogens with one attached hydrogen (secondary N) is 1. The lowest BCUT2D eigenvalue weighted by Gasteiger charge is -2.41. The first-order chi connectivity index (χ1) is 8.77. The number of carboxylic acids is 1. The Labute approximate surface area is 111 Å². The Morgan fingerprint density at radius 2 is 2.44 bits per heavy atom. The average Bonchev–Trinajstić information content (AvgIpc) is 2.86. The predicted octanol–water partition coefficient (Wildman–Crippen LogP) is 1.48. The third kappa shape index (κ3) is 2.06. The van der Waals surface area contributed by atoms with E-state index in [1.807, 2.05) is 11.3 Å². The molecule has 0 bridgehead atoms. The van der Waals surface area contributed by atoms with Crippen molar-refractivity contribution in [3.63, 3.8) is 0 Å². The van der Waals surface area contributed by atoms with Crippen LogP contribution in [0.4, 0.5) is 0 Å². The van der Waals surface area contributed by atoms with Gasteiger partial charge < -0.3 is 10.4 Å². The SMILES string of the molecule is O=C(O)C1CNCCN1C1CCCc2sccc21. The molecule has 0 saturated carbocycles. The monoisotopic (exact) mass is 266 g/mol. The maximum atomic E-state index is 11.4. The largest absolute Gasteiger partial charge is 0.480 e. The van der Waals surface area contributed by atoms with Gasteiger partial charge in [-0.15, -0.1) is 11.3 Å². The van der Waals surface area contributed by atoms with Gasteiger partial charge in [-0.3, -0.25) is 9.69 Å². The molecule has 3 rings (SSSR count). The van der Waals surface area contributed by atoms with E-state index < -0.39 is 5.97 Å². The van der Waals surface area contributed by atoms with Gasteiger partial charge in [-0.05, 0) is 36.3 Å². The molecular weight excluding hydrogens is 248 g/mol. The second kappa shape index (κ2) is 4.99. The van der Waals surface area contributed by atoms with E-state index in [2.05, 4.69) is 21.7 Å². The predicted molar refractivity (Wildman–Crippen MR) is 71.0 cm³/mol. The lowest BCUT2D eigenvalue weighted by atomic mass is 9.91. The minimum absolute atomic E-state index is 0.309. The summed E-state index contributed by atoms with van der Waals surface area (Å²) in [4.78, 5) is 15.0. The fraction of sp³-hybridized carbons (Fsp3) is 0.615. The zero-order valence-electron chi connectivity index (χ0n) is 10.3. The fourth-order valence-electron chi connectivity index (χ4n) is 3.13. The lowest BCUT2D eigenvalue weighted by Crippen LogP contribution is -2.56. The van der Waals surface area contributed by atoms with Crippen LogP contribution in [0.25, 0.3) is 0 Å². The Bertz CT molecular complexity index is 446. The normalized spacial score (nSPS) is 28.9. The standard InChI is InChI=1S/C13H18N2O2S/c16-13(17)11-8-14-5-6-15(11)10-2-1-3-12-9(10)4-7-18-12/h4,7,10-11,14H,1-3,5-6,8H2,(H,16,17). The van der Waals surface area contributed by atoms with E-state index in [9.17, 15) is 9.90 Å². The first-order valence-electron chi connectivity index (χ1n) is 6.53. The molecule has 1 fully saturated rings. The smallest absolute Gasteiger partial charge is 0.322 e. The van der Waals surface area contributed by atoms with E-state index in [-0.39, 0.29) is 6.04 Å². The van der Waals surface area contributed by atoms with Gasteiger partial charge in [-0.1, -0.05) is 0 Å². The molecule has 0 aromatic carbocycles. The quantitative estimate of drug-likeness (QED) is 0.851. The van der Waals surface area contributed by atoms with Crippen LogP contribution in [0.1, 0.15) is 29.3 Å². The Kier molecular flexibility index (Phi) is 3.37. The molecule has 18 heavy (non-hydrogen) atoms. The third-order valence-electron chi connectivity index (χ3n) is 3.99. The van der Waals surface area contributed by atoms with Gasteiger partial charge in [-0.25, -0.2) is 0 Å². The number of carbonyl (C=O) groups is 1. The number of piperazine rings is 1. The number of carboxylic acid groups (broad SMARTS) is 1. The van der Waals surface area contributed by atoms with Gasteiger partial charge in [0.2, 0.25) is 0 Å². The van der Waals surface area contributed by atoms with E-state index in [1.165, 1.54) is 16.9 Å². The van der Waals surface area contributed by atoms with E-state index in [4.69, 9.17) is 0 Å². The Morgan fingerprint density at radius 3 is 3.28 bits per heavy atom. The molecule has 1 aromatic rings. The van der Waals surface area contributed by atoms with Gasteiger partial charge >= 0.3 is 5.97 Å². The molecule has 0 amide bonds. The second-order valence-corrected chi connectivity index (χ2v) is 6.00. The van der Waals surface area contributed by atoms with Crippen molar-refractivity contribution >= 4 is 17.3 Å². The molecule has 0 radical (unpaired) electrons. The summed E-state index contributed by atoms with van der Waals surface area (Å²) in [6, 6.07) is 2.11. The zero-order chi connectivity index (χ0) is 12.5. The first kappa shape index (κ1) is 12.1. The van der Waals surface area contributed by atoms with Crippen molar-refractivity contribution in [2.45, 2.75) is 31.3 Å². The van der Waals surface area contributed by atoms with E-state index in [1.54, 1.807) is 0 Å². The Morgan fingerprint density at radius 1 is 1.56 bits per heavy atom. The van der Waals surface area contributed by atoms with Crippen LogP contribution in [0.15, 0.2) is 11.4 Å². The molecule has 1 aromatic heterocycles. The maximum Gasteiger partial charge on any atom is 0.322 e. The number of aliphatic carboxylic acids is 1. The molecule has 1 saturated heterocycles. The second-order valence-electron chi connectivity index (χ2n) is 5.00. The highest BCUT2D eigenvalue weighted by molar-refractivity contribution is 7.10. The van der Waals surface area contributed by atoms with Gasteiger partial charge in [0.05, 0.1) is 0 Å². The van der Waals surface area contributed by atoms with Crippen molar-refractivity contribution in [3.8, 4) is 0 Å². The number of fused-ring (bicyclic) bond motifs is 1. The summed E-state index contributed by atoms with van der Waals surface area (Å²) in [5, 5.41) is 14.7. The van der Waals surface area contributed by atoms with Crippen LogP contribution in [-0.4, -0.2) is 41.7 Å². The highest BCUT2D eigenvalue weighted by Gasteiger charge is 2.36. The van der Waals surface area contributed by atoms with Crippen LogP contribution in [0.2, 0.25) is 0 Å². The third-order valence-corrected chi connectivity index (χ3v) is 4.99. The average molecular weight is 266 g/mol. The maximum absolute atomic E-state index is 11.4. The molecule has 4 nitrogen and oxygen atoms in total. The highest BCUT2D eigenvalue weighted by Crippen LogP contribution is 2.38. The summed E-state index contributed by atoms with van der Waals surface area (Å²) >= 11 is 1.81. The topological polar surface area (TPSA) is 52.6 Å². The fourth-order valence-corrected chi connectivity index (χ4v) is 4.11. The minimum Gasteiger partial charge on any atom is -0.480 e. The zero-order valence-corrected chi connectivity index (χ0v) is 11.1. The Hall–Kier alpha value is -0.910. The number of aryl methyl sites for hydroxylation is 1. The number of thiophene rings is 1. The van der Waals surface area contributed by atoms with Crippen molar-refractivity contribution in [2.75, 3.05) is 19.6 Å². The molecule has 2 heterocycles. The molecule has 2 N–H and O–H groups in total. The molecule has 5 heteroatoms. The molecule has 2 unspecified atom stereocenters. The van der Waals surface area contributed by atoms with Crippen LogP contribution in [0.5, 0.6) is 0 Å². The molecule has 98 valence electrons. The molecule has 2 aliphatic rings. The van der Waals surface area contributed by atoms with Gasteiger partial charge in [0.15, 0.2) is 0 Å². The van der Waals surface area contributed by atoms with Crippen molar-refractivity contribution in [1.82, 2.24) is 10.2 Å². The van der Waals surface area contributed by atoms with Crippen molar-refractivity contribution < 1.29 is 9.90 Å². The summed E-state index contributed by atoms with van der Waals surface area (Å²) in [5.74, 6) is -0.704. The van der Waals surface area contributed by atoms with Gasteiger partial charge in [-0.2, -0.15) is 0 Å². The summed E-state index contributed by atoms with van der Waals surface area (Å²) in [6.07, 6.45) is 3.43. The van der Waals surface area contributed by atoms with Crippen molar-refractivity contribution in [1.29, 1.82) is 0 Å². The molecule has 1 aliphatic carbocycles. The number of rotatable bonds is 2. The van der Waals surface area contributed by atoms with E-state index in [0.717, 1.165) is 25.9 Å². The van der Waals surface area contributed by atoms with E-state index >= 15 is 0 Å². The van der Waals surface area contributed by atoms with Crippen LogP contribution in [0, 0.1) is 0 Å². The van der Waals surface area contributed by atoms with Crippen molar-refractivity contribution in [2.24, 2.45) is 0 Å². The Balaban J connectivity index is 1.88. The molecule has 0 spiro atoms. The van der Waals surface area contributed by atoms with Crippen LogP contribution < -0.4 is 5.32 Å². The highest BCUT2D eigenvalue weighted by atomic mass is 32.1. The van der Waals surface area contributed by atoms with E-state index in [0.29, 0.717) is 12.6 Å². The lowest BCUT2D eigenvalue weighted by molar-refractivity contribution is -0.145. The van der Waals surface area contributed by atoms with Gasteiger partial charge in [0, 0.05) is 30.6 Å². The van der Waals surface area contributed by atoms with Gasteiger partial charge in [0.25, 0.3) is 0 Å². The van der Waals surface area contributed by atoms with Crippen molar-refractivity contribution in [3.05, 3.63) is 21.9 Å². The summed E-state index contributed by atoms with van der Waals surface area (Å²) in [7, 11) is 0. The number of hydrogen-bond acceptors (Lipinski definition) is 4. The number of hydrogen-bond donors (Lipinski definition) is 2. The minimum atomic E-state index is -0.704. The van der Waals surface area contributed by atoms with Crippen LogP contribution in [0.3, 0.4) is 0 Å². The summed E-state index contributed by atoms with van der Waals surface area (Å²) in [6.45, 7) is 2.28. The molecule has 1 aliphatic heterocycles.